The van der Waals surface area contributed by atoms with E-state index in [4.69, 9.17) is 11.6 Å². The van der Waals surface area contributed by atoms with Crippen molar-refractivity contribution in [1.82, 2.24) is 19.3 Å². The Bertz CT molecular complexity index is 1640. The third-order valence-electron chi connectivity index (χ3n) is 5.40. The van der Waals surface area contributed by atoms with Gasteiger partial charge in [0.25, 0.3) is 5.56 Å². The van der Waals surface area contributed by atoms with Crippen LogP contribution in [0.4, 0.5) is 23.4 Å². The standard InChI is InChI=1S/C24H16ClF4N5O/c1-33-11-15-8-13(2-7-20(15)32-33)18-9-14-10-19(26)21(30-12-24(27,28)29)31-22(14)34(23(18)35)17-5-3-16(25)4-6-17/h2-11H,12H2,1H3,(H,30,31). The number of benzene rings is 2. The maximum atomic E-state index is 14.7. The van der Waals surface area contributed by atoms with Gasteiger partial charge in [-0.05, 0) is 54.1 Å². The van der Waals surface area contributed by atoms with Gasteiger partial charge in [-0.1, -0.05) is 17.7 Å². The molecule has 1 N–H and O–H groups in total. The van der Waals surface area contributed by atoms with E-state index in [1.807, 2.05) is 5.32 Å². The fraction of sp³-hybridized carbons (Fsp3) is 0.125. The lowest BCUT2D eigenvalue weighted by Crippen LogP contribution is -2.24. The van der Waals surface area contributed by atoms with E-state index < -0.39 is 29.9 Å². The number of aromatic nitrogens is 4. The van der Waals surface area contributed by atoms with Gasteiger partial charge in [-0.3, -0.25) is 14.0 Å². The largest absolute Gasteiger partial charge is 0.405 e. The average molecular weight is 502 g/mol. The highest BCUT2D eigenvalue weighted by Crippen LogP contribution is 2.28. The molecule has 0 fully saturated rings. The molecule has 0 unspecified atom stereocenters. The van der Waals surface area contributed by atoms with Crippen LogP contribution >= 0.6 is 11.6 Å². The van der Waals surface area contributed by atoms with Gasteiger partial charge in [-0.25, -0.2) is 9.37 Å². The van der Waals surface area contributed by atoms with E-state index in [-0.39, 0.29) is 16.6 Å². The Balaban J connectivity index is 1.77. The van der Waals surface area contributed by atoms with E-state index in [0.717, 1.165) is 17.0 Å². The zero-order valence-electron chi connectivity index (χ0n) is 18.1. The Morgan fingerprint density at radius 1 is 1.03 bits per heavy atom. The number of nitrogens with one attached hydrogen (secondary N) is 1. The number of anilines is 1. The summed E-state index contributed by atoms with van der Waals surface area (Å²) in [5.74, 6) is -1.59. The third-order valence-corrected chi connectivity index (χ3v) is 5.65. The third kappa shape index (κ3) is 4.44. The van der Waals surface area contributed by atoms with E-state index in [9.17, 15) is 22.4 Å². The molecule has 2 aromatic carbocycles. The van der Waals surface area contributed by atoms with Gasteiger partial charge < -0.3 is 5.32 Å². The van der Waals surface area contributed by atoms with Crippen LogP contribution in [0.5, 0.6) is 0 Å². The SMILES string of the molecule is Cn1cc2cc(-c3cc4cc(F)c(NCC(F)(F)F)nc4n(-c4ccc(Cl)cc4)c3=O)ccc2n1. The first kappa shape index (κ1) is 22.9. The van der Waals surface area contributed by atoms with Crippen molar-refractivity contribution in [2.75, 3.05) is 11.9 Å². The molecular formula is C24H16ClF4N5O. The topological polar surface area (TPSA) is 64.7 Å². The number of nitrogens with zero attached hydrogens (tertiary/aromatic N) is 4. The molecule has 0 radical (unpaired) electrons. The number of hydrogen-bond acceptors (Lipinski definition) is 4. The molecule has 35 heavy (non-hydrogen) atoms. The van der Waals surface area contributed by atoms with Crippen molar-refractivity contribution in [2.24, 2.45) is 7.05 Å². The van der Waals surface area contributed by atoms with Crippen molar-refractivity contribution in [3.05, 3.63) is 82.0 Å². The molecule has 0 bridgehead atoms. The highest BCUT2D eigenvalue weighted by Gasteiger charge is 2.28. The van der Waals surface area contributed by atoms with Crippen LogP contribution in [0.25, 0.3) is 38.8 Å². The van der Waals surface area contributed by atoms with E-state index >= 15 is 0 Å². The number of rotatable bonds is 4. The second kappa shape index (κ2) is 8.38. The maximum Gasteiger partial charge on any atom is 0.405 e. The van der Waals surface area contributed by atoms with Crippen LogP contribution in [0.15, 0.2) is 65.6 Å². The molecule has 5 aromatic rings. The highest BCUT2D eigenvalue weighted by molar-refractivity contribution is 6.30. The van der Waals surface area contributed by atoms with Crippen molar-refractivity contribution in [1.29, 1.82) is 0 Å². The Morgan fingerprint density at radius 3 is 2.49 bits per heavy atom. The molecule has 178 valence electrons. The lowest BCUT2D eigenvalue weighted by atomic mass is 10.0. The Hall–Kier alpha value is -3.92. The van der Waals surface area contributed by atoms with Crippen LogP contribution in [0.1, 0.15) is 0 Å². The molecule has 0 aliphatic rings. The first-order valence-corrected chi connectivity index (χ1v) is 10.7. The fourth-order valence-corrected chi connectivity index (χ4v) is 4.00. The van der Waals surface area contributed by atoms with Crippen LogP contribution in [0.2, 0.25) is 5.02 Å². The van der Waals surface area contributed by atoms with Gasteiger partial charge in [0.2, 0.25) is 0 Å². The summed E-state index contributed by atoms with van der Waals surface area (Å²) < 4.78 is 55.7. The number of pyridine rings is 2. The van der Waals surface area contributed by atoms with Crippen LogP contribution in [0.3, 0.4) is 0 Å². The van der Waals surface area contributed by atoms with Crippen molar-refractivity contribution < 1.29 is 17.6 Å². The predicted molar refractivity (Wildman–Crippen MR) is 127 cm³/mol. The van der Waals surface area contributed by atoms with Gasteiger partial charge in [0.15, 0.2) is 11.6 Å². The molecule has 3 heterocycles. The summed E-state index contributed by atoms with van der Waals surface area (Å²) in [6, 6.07) is 14.1. The predicted octanol–water partition coefficient (Wildman–Crippen LogP) is 5.71. The molecule has 6 nitrogen and oxygen atoms in total. The molecule has 0 amide bonds. The zero-order valence-corrected chi connectivity index (χ0v) is 18.8. The normalized spacial score (nSPS) is 11.9. The molecule has 5 rings (SSSR count). The van der Waals surface area contributed by atoms with E-state index in [0.29, 0.717) is 16.3 Å². The van der Waals surface area contributed by atoms with E-state index in [1.54, 1.807) is 60.4 Å². The van der Waals surface area contributed by atoms with Crippen LogP contribution in [-0.4, -0.2) is 32.1 Å². The fourth-order valence-electron chi connectivity index (χ4n) is 3.87. The second-order valence-corrected chi connectivity index (χ2v) is 8.39. The molecule has 11 heteroatoms. The minimum atomic E-state index is -4.58. The first-order valence-electron chi connectivity index (χ1n) is 10.4. The molecule has 0 aliphatic heterocycles. The van der Waals surface area contributed by atoms with Gasteiger partial charge in [-0.2, -0.15) is 18.3 Å². The summed E-state index contributed by atoms with van der Waals surface area (Å²) in [4.78, 5) is 17.8. The van der Waals surface area contributed by atoms with Gasteiger partial charge in [-0.15, -0.1) is 0 Å². The summed E-state index contributed by atoms with van der Waals surface area (Å²) in [6.07, 6.45) is -2.77. The minimum Gasteiger partial charge on any atom is -0.359 e. The summed E-state index contributed by atoms with van der Waals surface area (Å²) in [5.41, 5.74) is 1.45. The number of hydrogen-bond donors (Lipinski definition) is 1. The average Bonchev–Trinajstić information content (AvgIpc) is 3.17. The minimum absolute atomic E-state index is 0.00500. The monoisotopic (exact) mass is 501 g/mol. The first-order chi connectivity index (χ1) is 16.6. The molecule has 0 aliphatic carbocycles. The molecule has 0 saturated carbocycles. The number of aryl methyl sites for hydroxylation is 1. The summed E-state index contributed by atoms with van der Waals surface area (Å²) >= 11 is 5.99. The van der Waals surface area contributed by atoms with Crippen LogP contribution in [-0.2, 0) is 7.05 Å². The lowest BCUT2D eigenvalue weighted by molar-refractivity contribution is -0.115. The number of alkyl halides is 3. The van der Waals surface area contributed by atoms with Crippen LogP contribution in [0, 0.1) is 5.82 Å². The number of fused-ring (bicyclic) bond motifs is 2. The van der Waals surface area contributed by atoms with E-state index in [1.165, 1.54) is 10.6 Å². The van der Waals surface area contributed by atoms with Gasteiger partial charge in [0.05, 0.1) is 11.2 Å². The smallest absolute Gasteiger partial charge is 0.359 e. The van der Waals surface area contributed by atoms with Crippen molar-refractivity contribution in [3.63, 3.8) is 0 Å². The quantitative estimate of drug-likeness (QED) is 0.321. The molecular weight excluding hydrogens is 486 g/mol. The summed E-state index contributed by atoms with van der Waals surface area (Å²) in [7, 11) is 1.78. The Morgan fingerprint density at radius 2 is 1.77 bits per heavy atom. The second-order valence-electron chi connectivity index (χ2n) is 7.95. The van der Waals surface area contributed by atoms with Crippen molar-refractivity contribution >= 4 is 39.4 Å². The molecule has 0 saturated heterocycles. The lowest BCUT2D eigenvalue weighted by Gasteiger charge is -2.15. The summed E-state index contributed by atoms with van der Waals surface area (Å²) in [6.45, 7) is -1.48. The molecule has 0 atom stereocenters. The Labute approximate surface area is 200 Å². The summed E-state index contributed by atoms with van der Waals surface area (Å²) in [5, 5.41) is 7.75. The van der Waals surface area contributed by atoms with Gasteiger partial charge in [0.1, 0.15) is 12.2 Å². The molecule has 3 aromatic heterocycles. The Kier molecular flexibility index (Phi) is 5.47. The van der Waals surface area contributed by atoms with Gasteiger partial charge >= 0.3 is 6.18 Å². The highest BCUT2D eigenvalue weighted by atomic mass is 35.5. The van der Waals surface area contributed by atoms with Gasteiger partial charge in [0, 0.05) is 34.6 Å². The van der Waals surface area contributed by atoms with Crippen LogP contribution < -0.4 is 10.9 Å². The molecule has 0 spiro atoms. The number of halogens is 5. The van der Waals surface area contributed by atoms with E-state index in [2.05, 4.69) is 10.1 Å². The maximum absolute atomic E-state index is 14.7. The zero-order chi connectivity index (χ0) is 24.9. The van der Waals surface area contributed by atoms with Crippen molar-refractivity contribution in [2.45, 2.75) is 6.18 Å². The van der Waals surface area contributed by atoms with Crippen molar-refractivity contribution in [3.8, 4) is 16.8 Å².